The van der Waals surface area contributed by atoms with E-state index in [9.17, 15) is 4.79 Å². The monoisotopic (exact) mass is 242 g/mol. The fraction of sp³-hybridized carbons (Fsp3) is 0.364. The Hall–Kier alpha value is -1.26. The molecule has 0 heterocycles. The summed E-state index contributed by atoms with van der Waals surface area (Å²) in [5.41, 5.74) is 6.36. The Morgan fingerprint density at radius 2 is 2.31 bits per heavy atom. The quantitative estimate of drug-likeness (QED) is 0.791. The average molecular weight is 243 g/mol. The first-order chi connectivity index (χ1) is 7.67. The summed E-state index contributed by atoms with van der Waals surface area (Å²) in [5, 5.41) is 0.629. The molecule has 0 bridgehead atoms. The molecule has 2 N–H and O–H groups in total. The molecule has 0 saturated heterocycles. The van der Waals surface area contributed by atoms with Crippen LogP contribution in [-0.4, -0.2) is 32.7 Å². The Morgan fingerprint density at radius 1 is 1.56 bits per heavy atom. The zero-order valence-electron chi connectivity index (χ0n) is 9.15. The molecule has 0 atom stereocenters. The van der Waals surface area contributed by atoms with Crippen LogP contribution in [-0.2, 0) is 9.53 Å². The van der Waals surface area contributed by atoms with Gasteiger partial charge in [-0.15, -0.1) is 0 Å². The Kier molecular flexibility index (Phi) is 5.08. The van der Waals surface area contributed by atoms with E-state index in [-0.39, 0.29) is 12.5 Å². The molecule has 0 saturated carbocycles. The van der Waals surface area contributed by atoms with Crippen LogP contribution in [0.25, 0.3) is 0 Å². The van der Waals surface area contributed by atoms with Crippen molar-refractivity contribution >= 4 is 23.3 Å². The van der Waals surface area contributed by atoms with Crippen molar-refractivity contribution in [3.8, 4) is 0 Å². The van der Waals surface area contributed by atoms with E-state index in [0.29, 0.717) is 18.1 Å². The highest BCUT2D eigenvalue weighted by Crippen LogP contribution is 2.18. The molecule has 1 aromatic rings. The van der Waals surface area contributed by atoms with Crippen LogP contribution >= 0.6 is 11.6 Å². The number of nitrogens with two attached hydrogens (primary N) is 1. The molecule has 0 aromatic heterocycles. The second kappa shape index (κ2) is 6.35. The van der Waals surface area contributed by atoms with Crippen LogP contribution in [0, 0.1) is 0 Å². The highest BCUT2D eigenvalue weighted by Gasteiger charge is 2.11. The van der Waals surface area contributed by atoms with Gasteiger partial charge in [-0.1, -0.05) is 17.7 Å². The lowest BCUT2D eigenvalue weighted by Gasteiger charge is -2.22. The van der Waals surface area contributed by atoms with Crippen LogP contribution in [0.5, 0.6) is 0 Å². The Bertz CT molecular complexity index is 358. The molecule has 0 fully saturated rings. The van der Waals surface area contributed by atoms with Gasteiger partial charge >= 0.3 is 5.97 Å². The normalized spacial score (nSPS) is 9.94. The van der Waals surface area contributed by atoms with Gasteiger partial charge in [0.05, 0.1) is 7.11 Å². The van der Waals surface area contributed by atoms with E-state index in [4.69, 9.17) is 17.3 Å². The molecule has 0 aliphatic rings. The molecule has 0 radical (unpaired) electrons. The van der Waals surface area contributed by atoms with Gasteiger partial charge < -0.3 is 15.4 Å². The molecule has 0 aliphatic heterocycles. The fourth-order valence-electron chi connectivity index (χ4n) is 1.35. The van der Waals surface area contributed by atoms with Crippen LogP contribution in [0.15, 0.2) is 24.3 Å². The number of esters is 1. The number of nitrogens with zero attached hydrogens (tertiary/aromatic N) is 1. The number of benzene rings is 1. The number of halogens is 1. The number of carbonyl (C=O) groups excluding carboxylic acids is 1. The van der Waals surface area contributed by atoms with E-state index in [2.05, 4.69) is 4.74 Å². The van der Waals surface area contributed by atoms with Gasteiger partial charge in [0.2, 0.25) is 0 Å². The molecule has 0 unspecified atom stereocenters. The highest BCUT2D eigenvalue weighted by atomic mass is 35.5. The Morgan fingerprint density at radius 3 is 2.88 bits per heavy atom. The summed E-state index contributed by atoms with van der Waals surface area (Å²) in [4.78, 5) is 13.0. The minimum atomic E-state index is -0.298. The van der Waals surface area contributed by atoms with Gasteiger partial charge in [0.1, 0.15) is 6.54 Å². The van der Waals surface area contributed by atoms with Gasteiger partial charge in [0.25, 0.3) is 0 Å². The maximum atomic E-state index is 11.2. The van der Waals surface area contributed by atoms with Gasteiger partial charge in [-0.05, 0) is 18.2 Å². The van der Waals surface area contributed by atoms with Gasteiger partial charge in [-0.2, -0.15) is 0 Å². The van der Waals surface area contributed by atoms with Gasteiger partial charge in [-0.3, -0.25) is 4.79 Å². The smallest absolute Gasteiger partial charge is 0.325 e. The summed E-state index contributed by atoms with van der Waals surface area (Å²) in [6, 6.07) is 7.28. The molecule has 1 rings (SSSR count). The maximum absolute atomic E-state index is 11.2. The maximum Gasteiger partial charge on any atom is 0.325 e. The first kappa shape index (κ1) is 12.8. The van der Waals surface area contributed by atoms with Crippen molar-refractivity contribution in [2.75, 3.05) is 31.6 Å². The Labute approximate surface area is 99.9 Å². The molecule has 4 nitrogen and oxygen atoms in total. The van der Waals surface area contributed by atoms with Crippen LogP contribution in [0.3, 0.4) is 0 Å². The van der Waals surface area contributed by atoms with Crippen molar-refractivity contribution in [2.45, 2.75) is 0 Å². The standard InChI is InChI=1S/C11H15ClN2O2/c1-16-11(15)8-14(6-5-13)10-4-2-3-9(12)7-10/h2-4,7H,5-6,8,13H2,1H3. The first-order valence-electron chi connectivity index (χ1n) is 4.94. The molecule has 5 heteroatoms. The number of hydrogen-bond acceptors (Lipinski definition) is 4. The zero-order chi connectivity index (χ0) is 12.0. The number of hydrogen-bond donors (Lipinski definition) is 1. The largest absolute Gasteiger partial charge is 0.468 e. The summed E-state index contributed by atoms with van der Waals surface area (Å²) in [6.07, 6.45) is 0. The summed E-state index contributed by atoms with van der Waals surface area (Å²) in [7, 11) is 1.36. The van der Waals surface area contributed by atoms with Crippen LogP contribution in [0.2, 0.25) is 5.02 Å². The van der Waals surface area contributed by atoms with E-state index in [1.165, 1.54) is 7.11 Å². The summed E-state index contributed by atoms with van der Waals surface area (Å²) in [5.74, 6) is -0.298. The number of ether oxygens (including phenoxy) is 1. The van der Waals surface area contributed by atoms with E-state index < -0.39 is 0 Å². The topological polar surface area (TPSA) is 55.6 Å². The third kappa shape index (κ3) is 3.72. The van der Waals surface area contributed by atoms with Crippen molar-refractivity contribution in [2.24, 2.45) is 5.73 Å². The van der Waals surface area contributed by atoms with Gasteiger partial charge in [0.15, 0.2) is 0 Å². The van der Waals surface area contributed by atoms with Crippen molar-refractivity contribution in [3.05, 3.63) is 29.3 Å². The van der Waals surface area contributed by atoms with Gasteiger partial charge in [0, 0.05) is 23.8 Å². The predicted octanol–water partition coefficient (Wildman–Crippen LogP) is 1.28. The third-order valence-electron chi connectivity index (χ3n) is 2.12. The number of anilines is 1. The fourth-order valence-corrected chi connectivity index (χ4v) is 1.53. The molecule has 16 heavy (non-hydrogen) atoms. The van der Waals surface area contributed by atoms with Crippen molar-refractivity contribution in [3.63, 3.8) is 0 Å². The van der Waals surface area contributed by atoms with E-state index in [1.54, 1.807) is 12.1 Å². The molecule has 1 aromatic carbocycles. The number of methoxy groups -OCH3 is 1. The van der Waals surface area contributed by atoms with E-state index in [1.807, 2.05) is 17.0 Å². The lowest BCUT2D eigenvalue weighted by atomic mass is 10.3. The number of carbonyl (C=O) groups is 1. The third-order valence-corrected chi connectivity index (χ3v) is 2.36. The molecule has 88 valence electrons. The van der Waals surface area contributed by atoms with Crippen molar-refractivity contribution in [1.82, 2.24) is 0 Å². The lowest BCUT2D eigenvalue weighted by Crippen LogP contribution is -2.34. The average Bonchev–Trinajstić information content (AvgIpc) is 2.28. The SMILES string of the molecule is COC(=O)CN(CCN)c1cccc(Cl)c1. The minimum Gasteiger partial charge on any atom is -0.468 e. The minimum absolute atomic E-state index is 0.175. The highest BCUT2D eigenvalue weighted by molar-refractivity contribution is 6.30. The van der Waals surface area contributed by atoms with E-state index >= 15 is 0 Å². The van der Waals surface area contributed by atoms with Crippen molar-refractivity contribution < 1.29 is 9.53 Å². The predicted molar refractivity (Wildman–Crippen MR) is 64.7 cm³/mol. The second-order valence-electron chi connectivity index (χ2n) is 3.27. The van der Waals surface area contributed by atoms with Gasteiger partial charge in [-0.25, -0.2) is 0 Å². The van der Waals surface area contributed by atoms with Crippen LogP contribution in [0.4, 0.5) is 5.69 Å². The molecule has 0 spiro atoms. The first-order valence-corrected chi connectivity index (χ1v) is 5.32. The van der Waals surface area contributed by atoms with Crippen molar-refractivity contribution in [1.29, 1.82) is 0 Å². The molecular formula is C11H15ClN2O2. The van der Waals surface area contributed by atoms with Crippen LogP contribution < -0.4 is 10.6 Å². The second-order valence-corrected chi connectivity index (χ2v) is 3.70. The molecule has 0 aliphatic carbocycles. The molecular weight excluding hydrogens is 228 g/mol. The summed E-state index contributed by atoms with van der Waals surface area (Å²) >= 11 is 5.89. The lowest BCUT2D eigenvalue weighted by molar-refractivity contribution is -0.138. The molecule has 0 amide bonds. The van der Waals surface area contributed by atoms with Crippen LogP contribution in [0.1, 0.15) is 0 Å². The number of rotatable bonds is 5. The van der Waals surface area contributed by atoms with E-state index in [0.717, 1.165) is 5.69 Å². The zero-order valence-corrected chi connectivity index (χ0v) is 9.91. The Balaban J connectivity index is 2.80. The summed E-state index contributed by atoms with van der Waals surface area (Å²) < 4.78 is 4.62. The summed E-state index contributed by atoms with van der Waals surface area (Å²) in [6.45, 7) is 1.22.